The smallest absolute Gasteiger partial charge is 0.225 e. The summed E-state index contributed by atoms with van der Waals surface area (Å²) >= 11 is 0. The highest BCUT2D eigenvalue weighted by atomic mass is 16.2. The Bertz CT molecular complexity index is 526. The van der Waals surface area contributed by atoms with E-state index in [1.807, 2.05) is 4.90 Å². The summed E-state index contributed by atoms with van der Waals surface area (Å²) in [5.74, 6) is 1.65. The molecule has 0 atom stereocenters. The highest BCUT2D eigenvalue weighted by molar-refractivity contribution is 5.81. The number of anilines is 1. The fourth-order valence-corrected chi connectivity index (χ4v) is 2.52. The Balaban J connectivity index is 1.69. The van der Waals surface area contributed by atoms with Crippen molar-refractivity contribution in [1.82, 2.24) is 25.5 Å². The molecule has 0 spiro atoms. The first-order valence-corrected chi connectivity index (χ1v) is 8.49. The number of nitrogens with zero attached hydrogens (tertiary/aromatic N) is 5. The molecule has 1 aliphatic rings. The second-order valence-electron chi connectivity index (χ2n) is 5.59. The van der Waals surface area contributed by atoms with Gasteiger partial charge in [0.15, 0.2) is 5.96 Å². The van der Waals surface area contributed by atoms with Crippen LogP contribution < -0.4 is 15.5 Å². The molecule has 1 aromatic heterocycles. The summed E-state index contributed by atoms with van der Waals surface area (Å²) < 4.78 is 0. The molecule has 8 nitrogen and oxygen atoms in total. The first kappa shape index (κ1) is 18.0. The number of aliphatic imine (C=N–C) groups is 1. The lowest BCUT2D eigenvalue weighted by Crippen LogP contribution is -2.50. The molecule has 0 unspecified atom stereocenters. The molecule has 2 N–H and O–H groups in total. The third-order valence-electron chi connectivity index (χ3n) is 3.86. The number of nitrogens with one attached hydrogen (secondary N) is 2. The van der Waals surface area contributed by atoms with Gasteiger partial charge in [0.1, 0.15) is 0 Å². The molecule has 24 heavy (non-hydrogen) atoms. The summed E-state index contributed by atoms with van der Waals surface area (Å²) in [5, 5.41) is 6.36. The van der Waals surface area contributed by atoms with Crippen LogP contribution in [0.3, 0.4) is 0 Å². The molecule has 0 radical (unpaired) electrons. The van der Waals surface area contributed by atoms with Gasteiger partial charge in [-0.05, 0) is 12.5 Å². The molecule has 8 heteroatoms. The largest absolute Gasteiger partial charge is 0.356 e. The lowest BCUT2D eigenvalue weighted by atomic mass is 10.3. The van der Waals surface area contributed by atoms with Gasteiger partial charge in [-0.1, -0.05) is 6.92 Å². The second kappa shape index (κ2) is 9.69. The number of carbonyl (C=O) groups excluding carboxylic acids is 1. The van der Waals surface area contributed by atoms with E-state index in [0.29, 0.717) is 26.1 Å². The first-order valence-electron chi connectivity index (χ1n) is 8.49. The lowest BCUT2D eigenvalue weighted by molar-refractivity contribution is -0.131. The zero-order chi connectivity index (χ0) is 17.2. The molecule has 0 bridgehead atoms. The molecule has 0 saturated carbocycles. The predicted octanol–water partition coefficient (Wildman–Crippen LogP) is 0.0903. The van der Waals surface area contributed by atoms with Gasteiger partial charge in [0, 0.05) is 65.1 Å². The average Bonchev–Trinajstić information content (AvgIpc) is 2.65. The number of piperazine rings is 1. The Hall–Kier alpha value is -2.38. The quantitative estimate of drug-likeness (QED) is 0.567. The molecule has 1 saturated heterocycles. The van der Waals surface area contributed by atoms with Crippen LogP contribution in [0.4, 0.5) is 5.95 Å². The summed E-state index contributed by atoms with van der Waals surface area (Å²) in [6.07, 6.45) is 4.99. The normalized spacial score (nSPS) is 15.3. The van der Waals surface area contributed by atoms with Gasteiger partial charge in [-0.25, -0.2) is 9.97 Å². The van der Waals surface area contributed by atoms with Gasteiger partial charge < -0.3 is 20.4 Å². The fourth-order valence-electron chi connectivity index (χ4n) is 2.52. The van der Waals surface area contributed by atoms with Gasteiger partial charge in [-0.3, -0.25) is 9.79 Å². The molecule has 1 amide bonds. The topological polar surface area (TPSA) is 85.8 Å². The monoisotopic (exact) mass is 333 g/mol. The highest BCUT2D eigenvalue weighted by Gasteiger charge is 2.22. The SMILES string of the molecule is CCCNC(=NC)NCCC(=O)N1CCN(c2ncccn2)CC1. The molecule has 1 aliphatic heterocycles. The van der Waals surface area contributed by atoms with Crippen LogP contribution in [0.25, 0.3) is 0 Å². The van der Waals surface area contributed by atoms with Crippen molar-refractivity contribution < 1.29 is 4.79 Å². The van der Waals surface area contributed by atoms with Crippen molar-refractivity contribution in [3.63, 3.8) is 0 Å². The van der Waals surface area contributed by atoms with E-state index in [0.717, 1.165) is 38.0 Å². The summed E-state index contributed by atoms with van der Waals surface area (Å²) in [5.41, 5.74) is 0. The molecule has 0 aliphatic carbocycles. The Morgan fingerprint density at radius 2 is 1.83 bits per heavy atom. The van der Waals surface area contributed by atoms with Crippen LogP contribution in [-0.4, -0.2) is 73.1 Å². The molecule has 132 valence electrons. The number of aromatic nitrogens is 2. The number of rotatable bonds is 6. The minimum absolute atomic E-state index is 0.169. The fraction of sp³-hybridized carbons (Fsp3) is 0.625. The van der Waals surface area contributed by atoms with Crippen molar-refractivity contribution in [3.05, 3.63) is 18.5 Å². The second-order valence-corrected chi connectivity index (χ2v) is 5.59. The first-order chi connectivity index (χ1) is 11.7. The van der Waals surface area contributed by atoms with Gasteiger partial charge in [0.05, 0.1) is 0 Å². The maximum absolute atomic E-state index is 12.3. The Morgan fingerprint density at radius 1 is 1.17 bits per heavy atom. The third kappa shape index (κ3) is 5.36. The van der Waals surface area contributed by atoms with E-state index >= 15 is 0 Å². The standard InChI is InChI=1S/C16H27N7O/c1-3-6-18-15(17-2)19-9-5-14(24)22-10-12-23(13-11-22)16-20-7-4-8-21-16/h4,7-8H,3,5-6,9-13H2,1-2H3,(H2,17,18,19). The Labute approximate surface area is 143 Å². The number of hydrogen-bond acceptors (Lipinski definition) is 5. The van der Waals surface area contributed by atoms with Gasteiger partial charge in [0.25, 0.3) is 0 Å². The van der Waals surface area contributed by atoms with E-state index < -0.39 is 0 Å². The molecule has 2 heterocycles. The van der Waals surface area contributed by atoms with Crippen molar-refractivity contribution in [2.75, 3.05) is 51.2 Å². The van der Waals surface area contributed by atoms with Crippen LogP contribution in [0, 0.1) is 0 Å². The lowest BCUT2D eigenvalue weighted by Gasteiger charge is -2.34. The van der Waals surface area contributed by atoms with Crippen LogP contribution in [0.1, 0.15) is 19.8 Å². The van der Waals surface area contributed by atoms with Crippen LogP contribution in [0.15, 0.2) is 23.5 Å². The molecule has 0 aromatic carbocycles. The Kier molecular flexibility index (Phi) is 7.25. The average molecular weight is 333 g/mol. The van der Waals surface area contributed by atoms with Crippen molar-refractivity contribution >= 4 is 17.8 Å². The molecule has 1 fully saturated rings. The minimum atomic E-state index is 0.169. The van der Waals surface area contributed by atoms with Crippen molar-refractivity contribution in [2.24, 2.45) is 4.99 Å². The molecule has 1 aromatic rings. The van der Waals surface area contributed by atoms with Gasteiger partial charge in [-0.15, -0.1) is 0 Å². The molecular formula is C16H27N7O. The number of guanidine groups is 1. The van der Waals surface area contributed by atoms with Crippen molar-refractivity contribution in [3.8, 4) is 0 Å². The van der Waals surface area contributed by atoms with Gasteiger partial charge in [0.2, 0.25) is 11.9 Å². The third-order valence-corrected chi connectivity index (χ3v) is 3.86. The van der Waals surface area contributed by atoms with Crippen molar-refractivity contribution in [1.29, 1.82) is 0 Å². The van der Waals surface area contributed by atoms with E-state index in [1.165, 1.54) is 0 Å². The van der Waals surface area contributed by atoms with Gasteiger partial charge in [-0.2, -0.15) is 0 Å². The van der Waals surface area contributed by atoms with E-state index in [4.69, 9.17) is 0 Å². The van der Waals surface area contributed by atoms with Crippen LogP contribution >= 0.6 is 0 Å². The van der Waals surface area contributed by atoms with E-state index in [1.54, 1.807) is 25.5 Å². The number of hydrogen-bond donors (Lipinski definition) is 2. The maximum atomic E-state index is 12.3. The van der Waals surface area contributed by atoms with Crippen LogP contribution in [-0.2, 0) is 4.79 Å². The zero-order valence-corrected chi connectivity index (χ0v) is 14.5. The highest BCUT2D eigenvalue weighted by Crippen LogP contribution is 2.10. The summed E-state index contributed by atoms with van der Waals surface area (Å²) in [6.45, 7) is 6.51. The van der Waals surface area contributed by atoms with E-state index in [-0.39, 0.29) is 5.91 Å². The van der Waals surface area contributed by atoms with E-state index in [2.05, 4.69) is 37.4 Å². The number of carbonyl (C=O) groups is 1. The van der Waals surface area contributed by atoms with Crippen LogP contribution in [0.2, 0.25) is 0 Å². The van der Waals surface area contributed by atoms with Crippen molar-refractivity contribution in [2.45, 2.75) is 19.8 Å². The molecule has 2 rings (SSSR count). The summed E-state index contributed by atoms with van der Waals surface area (Å²) in [6, 6.07) is 1.81. The predicted molar refractivity (Wildman–Crippen MR) is 95.1 cm³/mol. The van der Waals surface area contributed by atoms with E-state index in [9.17, 15) is 4.79 Å². The van der Waals surface area contributed by atoms with Crippen LogP contribution in [0.5, 0.6) is 0 Å². The maximum Gasteiger partial charge on any atom is 0.225 e. The summed E-state index contributed by atoms with van der Waals surface area (Å²) in [4.78, 5) is 29.0. The number of amides is 1. The minimum Gasteiger partial charge on any atom is -0.356 e. The Morgan fingerprint density at radius 3 is 2.46 bits per heavy atom. The summed E-state index contributed by atoms with van der Waals surface area (Å²) in [7, 11) is 1.73. The van der Waals surface area contributed by atoms with Gasteiger partial charge >= 0.3 is 0 Å². The zero-order valence-electron chi connectivity index (χ0n) is 14.5. The molecular weight excluding hydrogens is 306 g/mol.